The van der Waals surface area contributed by atoms with Crippen molar-refractivity contribution in [2.24, 2.45) is 0 Å². The van der Waals surface area contributed by atoms with Crippen LogP contribution in [0.2, 0.25) is 0 Å². The van der Waals surface area contributed by atoms with Gasteiger partial charge >= 0.3 is 12.4 Å². The molecule has 166 valence electrons. The third kappa shape index (κ3) is 5.17. The summed E-state index contributed by atoms with van der Waals surface area (Å²) in [6.07, 6.45) is -9.03. The van der Waals surface area contributed by atoms with Gasteiger partial charge in [0.25, 0.3) is 11.6 Å². The van der Waals surface area contributed by atoms with Crippen molar-refractivity contribution in [2.45, 2.75) is 12.4 Å². The Hall–Kier alpha value is -4.03. The van der Waals surface area contributed by atoms with Crippen molar-refractivity contribution in [1.82, 2.24) is 9.97 Å². The van der Waals surface area contributed by atoms with E-state index in [0.29, 0.717) is 5.56 Å². The summed E-state index contributed by atoms with van der Waals surface area (Å²) >= 11 is 0. The van der Waals surface area contributed by atoms with Gasteiger partial charge in [-0.25, -0.2) is 9.97 Å². The molecule has 0 unspecified atom stereocenters. The molecule has 0 aliphatic rings. The van der Waals surface area contributed by atoms with Gasteiger partial charge in [0.2, 0.25) is 5.95 Å². The number of rotatable bonds is 4. The number of amides is 1. The van der Waals surface area contributed by atoms with Gasteiger partial charge in [-0.15, -0.1) is 0 Å². The lowest BCUT2D eigenvalue weighted by molar-refractivity contribution is -0.384. The Morgan fingerprint density at radius 1 is 0.906 bits per heavy atom. The smallest absolute Gasteiger partial charge is 0.290 e. The van der Waals surface area contributed by atoms with E-state index in [1.165, 1.54) is 36.5 Å². The monoisotopic (exact) mass is 456 g/mol. The molecule has 0 aliphatic carbocycles. The van der Waals surface area contributed by atoms with Crippen molar-refractivity contribution < 1.29 is 36.1 Å². The van der Waals surface area contributed by atoms with Crippen molar-refractivity contribution in [2.75, 3.05) is 5.32 Å². The first-order valence-electron chi connectivity index (χ1n) is 8.53. The van der Waals surface area contributed by atoms with Gasteiger partial charge in [0, 0.05) is 29.5 Å². The highest BCUT2D eigenvalue weighted by Crippen LogP contribution is 2.36. The first-order chi connectivity index (χ1) is 14.8. The maximum Gasteiger partial charge on any atom is 0.416 e. The fourth-order valence-electron chi connectivity index (χ4n) is 2.59. The molecule has 0 aliphatic heterocycles. The Kier molecular flexibility index (Phi) is 5.84. The second kappa shape index (κ2) is 8.24. The van der Waals surface area contributed by atoms with Gasteiger partial charge in [0.1, 0.15) is 0 Å². The van der Waals surface area contributed by atoms with Gasteiger partial charge in [-0.2, -0.15) is 26.3 Å². The second-order valence-electron chi connectivity index (χ2n) is 6.32. The number of nitro groups is 1. The normalized spacial score (nSPS) is 11.8. The van der Waals surface area contributed by atoms with Crippen LogP contribution in [0.4, 0.5) is 38.0 Å². The van der Waals surface area contributed by atoms with Crippen molar-refractivity contribution in [1.29, 1.82) is 0 Å². The summed E-state index contributed by atoms with van der Waals surface area (Å²) in [7, 11) is 0. The van der Waals surface area contributed by atoms with Gasteiger partial charge < -0.3 is 0 Å². The third-order valence-corrected chi connectivity index (χ3v) is 4.10. The van der Waals surface area contributed by atoms with Crippen LogP contribution >= 0.6 is 0 Å². The number of nitrogens with zero attached hydrogens (tertiary/aromatic N) is 3. The molecule has 0 saturated heterocycles. The topological polar surface area (TPSA) is 98.0 Å². The zero-order valence-electron chi connectivity index (χ0n) is 15.5. The Bertz CT molecular complexity index is 1140. The molecule has 0 saturated carbocycles. The quantitative estimate of drug-likeness (QED) is 0.325. The number of hydrogen-bond donors (Lipinski definition) is 1. The minimum Gasteiger partial charge on any atom is -0.290 e. The lowest BCUT2D eigenvalue weighted by Gasteiger charge is -2.14. The maximum absolute atomic E-state index is 13.0. The van der Waals surface area contributed by atoms with Crippen LogP contribution in [0.1, 0.15) is 21.5 Å². The largest absolute Gasteiger partial charge is 0.416 e. The number of aromatic nitrogens is 2. The summed E-state index contributed by atoms with van der Waals surface area (Å²) in [5.41, 5.74) is -3.76. The predicted molar refractivity (Wildman–Crippen MR) is 98.5 cm³/mol. The van der Waals surface area contributed by atoms with Crippen LogP contribution in [0.25, 0.3) is 11.3 Å². The number of nitro benzene ring substituents is 1. The standard InChI is InChI=1S/C19H10F6N4O3/c20-18(21,22)12-7-11(8-13(9-12)19(23,24)25)16(30)28-17-26-6-5-15(27-17)10-1-3-14(4-2-10)29(31)32/h1-9H,(H,26,27,28,30). The second-order valence-corrected chi connectivity index (χ2v) is 6.32. The maximum atomic E-state index is 13.0. The van der Waals surface area contributed by atoms with Crippen LogP contribution in [0.5, 0.6) is 0 Å². The number of carbonyl (C=O) groups excluding carboxylic acids is 1. The Morgan fingerprint density at radius 2 is 1.47 bits per heavy atom. The highest BCUT2D eigenvalue weighted by molar-refractivity contribution is 6.03. The third-order valence-electron chi connectivity index (χ3n) is 4.10. The van der Waals surface area contributed by atoms with E-state index in [4.69, 9.17) is 0 Å². The molecule has 13 heteroatoms. The van der Waals surface area contributed by atoms with E-state index in [-0.39, 0.29) is 29.6 Å². The van der Waals surface area contributed by atoms with Crippen LogP contribution < -0.4 is 5.32 Å². The molecule has 0 atom stereocenters. The molecule has 0 spiro atoms. The lowest BCUT2D eigenvalue weighted by Crippen LogP contribution is -2.18. The van der Waals surface area contributed by atoms with E-state index in [1.807, 2.05) is 0 Å². The fourth-order valence-corrected chi connectivity index (χ4v) is 2.59. The van der Waals surface area contributed by atoms with Gasteiger partial charge in [-0.3, -0.25) is 20.2 Å². The molecule has 0 bridgehead atoms. The highest BCUT2D eigenvalue weighted by atomic mass is 19.4. The van der Waals surface area contributed by atoms with E-state index in [2.05, 4.69) is 15.3 Å². The van der Waals surface area contributed by atoms with E-state index >= 15 is 0 Å². The van der Waals surface area contributed by atoms with Crippen LogP contribution in [0.3, 0.4) is 0 Å². The number of carbonyl (C=O) groups is 1. The highest BCUT2D eigenvalue weighted by Gasteiger charge is 2.37. The van der Waals surface area contributed by atoms with E-state index < -0.39 is 45.8 Å². The van der Waals surface area contributed by atoms with E-state index in [0.717, 1.165) is 0 Å². The first kappa shape index (κ1) is 22.7. The number of nitrogens with one attached hydrogen (secondary N) is 1. The minimum atomic E-state index is -5.11. The molecule has 0 radical (unpaired) electrons. The molecule has 1 N–H and O–H groups in total. The van der Waals surface area contributed by atoms with Crippen LogP contribution in [-0.4, -0.2) is 20.8 Å². The van der Waals surface area contributed by atoms with Gasteiger partial charge in [0.05, 0.1) is 21.7 Å². The van der Waals surface area contributed by atoms with Gasteiger partial charge in [0.15, 0.2) is 0 Å². The van der Waals surface area contributed by atoms with Crippen molar-refractivity contribution >= 4 is 17.5 Å². The fraction of sp³-hybridized carbons (Fsp3) is 0.105. The molecule has 3 rings (SSSR count). The SMILES string of the molecule is O=C(Nc1nccc(-c2ccc([N+](=O)[O-])cc2)n1)c1cc(C(F)(F)F)cc(C(F)(F)F)c1. The summed E-state index contributed by atoms with van der Waals surface area (Å²) < 4.78 is 77.9. The number of anilines is 1. The van der Waals surface area contributed by atoms with Crippen LogP contribution in [0, 0.1) is 10.1 Å². The molecule has 7 nitrogen and oxygen atoms in total. The number of non-ortho nitro benzene ring substituents is 1. The average molecular weight is 456 g/mol. The molecule has 1 aromatic heterocycles. The van der Waals surface area contributed by atoms with Gasteiger partial charge in [-0.1, -0.05) is 0 Å². The molecule has 0 fully saturated rings. The molecule has 1 heterocycles. The zero-order chi connectivity index (χ0) is 23.7. The molecular formula is C19H10F6N4O3. The van der Waals surface area contributed by atoms with E-state index in [1.54, 1.807) is 0 Å². The van der Waals surface area contributed by atoms with E-state index in [9.17, 15) is 41.3 Å². The minimum absolute atomic E-state index is 0.0947. The summed E-state index contributed by atoms with van der Waals surface area (Å²) in [5, 5.41) is 12.8. The predicted octanol–water partition coefficient (Wildman–Crippen LogP) is 5.34. The molecular weight excluding hydrogens is 446 g/mol. The first-order valence-corrected chi connectivity index (χ1v) is 8.53. The summed E-state index contributed by atoms with van der Waals surface area (Å²) in [5.74, 6) is -1.68. The zero-order valence-corrected chi connectivity index (χ0v) is 15.5. The molecule has 3 aromatic rings. The molecule has 1 amide bonds. The van der Waals surface area contributed by atoms with Crippen molar-refractivity contribution in [3.63, 3.8) is 0 Å². The number of hydrogen-bond acceptors (Lipinski definition) is 5. The van der Waals surface area contributed by atoms with Crippen LogP contribution in [-0.2, 0) is 12.4 Å². The number of alkyl halides is 6. The Labute approximate surface area is 174 Å². The lowest BCUT2D eigenvalue weighted by atomic mass is 10.0. The van der Waals surface area contributed by atoms with Crippen LogP contribution in [0.15, 0.2) is 54.7 Å². The van der Waals surface area contributed by atoms with Crippen molar-refractivity contribution in [3.05, 3.63) is 81.5 Å². The summed E-state index contributed by atoms with van der Waals surface area (Å²) in [4.78, 5) is 30.1. The summed E-state index contributed by atoms with van der Waals surface area (Å²) in [6, 6.07) is 7.01. The average Bonchev–Trinajstić information content (AvgIpc) is 2.72. The Morgan fingerprint density at radius 3 is 1.97 bits per heavy atom. The Balaban J connectivity index is 1.91. The number of benzene rings is 2. The summed E-state index contributed by atoms with van der Waals surface area (Å²) in [6.45, 7) is 0. The molecule has 2 aromatic carbocycles. The van der Waals surface area contributed by atoms with Gasteiger partial charge in [-0.05, 0) is 36.4 Å². The number of halogens is 6. The molecule has 32 heavy (non-hydrogen) atoms. The van der Waals surface area contributed by atoms with Crippen molar-refractivity contribution in [3.8, 4) is 11.3 Å².